The third-order valence-electron chi connectivity index (χ3n) is 4.15. The number of rotatable bonds is 5. The van der Waals surface area contributed by atoms with Gasteiger partial charge in [0.15, 0.2) is 0 Å². The van der Waals surface area contributed by atoms with Crippen LogP contribution in [0.4, 0.5) is 13.2 Å². The lowest BCUT2D eigenvalue weighted by Gasteiger charge is -2.25. The van der Waals surface area contributed by atoms with Crippen LogP contribution in [-0.2, 0) is 4.79 Å². The molecular formula is C13H24Cl2F3N3O. The average molecular weight is 366 g/mol. The first-order valence-corrected chi connectivity index (χ1v) is 7.11. The van der Waals surface area contributed by atoms with Gasteiger partial charge >= 0.3 is 6.18 Å². The van der Waals surface area contributed by atoms with E-state index >= 15 is 0 Å². The van der Waals surface area contributed by atoms with Crippen LogP contribution in [-0.4, -0.2) is 60.1 Å². The molecule has 1 atom stereocenters. The highest BCUT2D eigenvalue weighted by atomic mass is 35.5. The lowest BCUT2D eigenvalue weighted by molar-refractivity contribution is -0.146. The fraction of sp³-hybridized carbons (Fsp3) is 0.923. The molecule has 0 radical (unpaired) electrons. The van der Waals surface area contributed by atoms with Gasteiger partial charge in [0, 0.05) is 19.6 Å². The third-order valence-corrected chi connectivity index (χ3v) is 4.15. The Morgan fingerprint density at radius 1 is 1.36 bits per heavy atom. The number of carbonyl (C=O) groups excluding carboxylic acids is 1. The van der Waals surface area contributed by atoms with Crippen LogP contribution >= 0.6 is 24.8 Å². The second-order valence-electron chi connectivity index (χ2n) is 6.00. The number of carbonyl (C=O) groups is 1. The highest BCUT2D eigenvalue weighted by Gasteiger charge is 2.49. The van der Waals surface area contributed by atoms with Crippen molar-refractivity contribution in [3.8, 4) is 0 Å². The van der Waals surface area contributed by atoms with E-state index < -0.39 is 18.3 Å². The van der Waals surface area contributed by atoms with E-state index in [9.17, 15) is 18.0 Å². The molecule has 1 unspecified atom stereocenters. The first-order valence-electron chi connectivity index (χ1n) is 7.11. The Balaban J connectivity index is 0.00000220. The Kier molecular flexibility index (Phi) is 7.95. The van der Waals surface area contributed by atoms with E-state index in [2.05, 4.69) is 0 Å². The van der Waals surface area contributed by atoms with Crippen LogP contribution in [0, 0.1) is 5.92 Å². The summed E-state index contributed by atoms with van der Waals surface area (Å²) in [5, 5.41) is 0. The standard InChI is InChI=1S/C13H22F3N3O.2ClH/c1-2-18(9-13(14,15)16)7-10-3-6-19(8-10)11(20)12(17)4-5-12;;/h10H,2-9,17H2,1H3;2*1H. The summed E-state index contributed by atoms with van der Waals surface area (Å²) in [5.41, 5.74) is 5.20. The van der Waals surface area contributed by atoms with Crippen molar-refractivity contribution < 1.29 is 18.0 Å². The second kappa shape index (κ2) is 8.04. The largest absolute Gasteiger partial charge is 0.401 e. The molecular weight excluding hydrogens is 342 g/mol. The fourth-order valence-electron chi connectivity index (χ4n) is 2.75. The molecule has 2 aliphatic rings. The van der Waals surface area contributed by atoms with Crippen LogP contribution in [0.25, 0.3) is 0 Å². The van der Waals surface area contributed by atoms with Gasteiger partial charge in [-0.1, -0.05) is 6.92 Å². The molecule has 0 spiro atoms. The number of amides is 1. The van der Waals surface area contributed by atoms with E-state index in [1.54, 1.807) is 11.8 Å². The van der Waals surface area contributed by atoms with Gasteiger partial charge in [-0.25, -0.2) is 0 Å². The summed E-state index contributed by atoms with van der Waals surface area (Å²) in [7, 11) is 0. The molecule has 1 aliphatic heterocycles. The zero-order valence-electron chi connectivity index (χ0n) is 12.6. The SMILES string of the molecule is CCN(CC1CCN(C(=O)C2(N)CC2)C1)CC(F)(F)F.Cl.Cl. The highest BCUT2D eigenvalue weighted by Crippen LogP contribution is 2.35. The predicted octanol–water partition coefficient (Wildman–Crippen LogP) is 2.05. The molecule has 2 rings (SSSR count). The molecule has 0 bridgehead atoms. The molecule has 2 N–H and O–H groups in total. The van der Waals surface area contributed by atoms with Gasteiger partial charge in [0.2, 0.25) is 5.91 Å². The molecule has 9 heteroatoms. The number of nitrogens with zero attached hydrogens (tertiary/aromatic N) is 2. The van der Waals surface area contributed by atoms with Crippen LogP contribution in [0.2, 0.25) is 0 Å². The van der Waals surface area contributed by atoms with Crippen molar-refractivity contribution in [1.29, 1.82) is 0 Å². The summed E-state index contributed by atoms with van der Waals surface area (Å²) in [5.74, 6) is 0.0856. The Labute approximate surface area is 141 Å². The maximum atomic E-state index is 12.4. The summed E-state index contributed by atoms with van der Waals surface area (Å²) >= 11 is 0. The first kappa shape index (κ1) is 21.8. The highest BCUT2D eigenvalue weighted by molar-refractivity contribution is 5.89. The van der Waals surface area contributed by atoms with E-state index in [-0.39, 0.29) is 36.6 Å². The van der Waals surface area contributed by atoms with Gasteiger partial charge in [0.05, 0.1) is 12.1 Å². The van der Waals surface area contributed by atoms with E-state index in [0.29, 0.717) is 26.2 Å². The third kappa shape index (κ3) is 5.76. The molecule has 2 fully saturated rings. The minimum absolute atomic E-state index is 0. The topological polar surface area (TPSA) is 49.6 Å². The Morgan fingerprint density at radius 3 is 2.41 bits per heavy atom. The zero-order chi connectivity index (χ0) is 15.0. The van der Waals surface area contributed by atoms with Gasteiger partial charge in [0.25, 0.3) is 0 Å². The number of hydrogen-bond acceptors (Lipinski definition) is 3. The van der Waals surface area contributed by atoms with Crippen LogP contribution in [0.3, 0.4) is 0 Å². The van der Waals surface area contributed by atoms with E-state index in [1.807, 2.05) is 0 Å². The first-order chi connectivity index (χ1) is 9.23. The molecule has 0 aromatic carbocycles. The maximum Gasteiger partial charge on any atom is 0.401 e. The van der Waals surface area contributed by atoms with Crippen molar-refractivity contribution in [2.75, 3.05) is 32.7 Å². The summed E-state index contributed by atoms with van der Waals surface area (Å²) in [4.78, 5) is 15.2. The van der Waals surface area contributed by atoms with Gasteiger partial charge in [0.1, 0.15) is 0 Å². The molecule has 1 heterocycles. The van der Waals surface area contributed by atoms with Crippen molar-refractivity contribution in [3.63, 3.8) is 0 Å². The Morgan fingerprint density at radius 2 is 1.95 bits per heavy atom. The number of alkyl halides is 3. The van der Waals surface area contributed by atoms with Crippen molar-refractivity contribution >= 4 is 30.7 Å². The average Bonchev–Trinajstić information content (AvgIpc) is 2.93. The molecule has 0 aromatic heterocycles. The number of hydrogen-bond donors (Lipinski definition) is 1. The van der Waals surface area contributed by atoms with Crippen molar-refractivity contribution in [2.24, 2.45) is 11.7 Å². The normalized spacial score (nSPS) is 23.0. The van der Waals surface area contributed by atoms with E-state index in [1.165, 1.54) is 4.90 Å². The van der Waals surface area contributed by atoms with Crippen molar-refractivity contribution in [2.45, 2.75) is 37.9 Å². The van der Waals surface area contributed by atoms with Gasteiger partial charge in [-0.3, -0.25) is 9.69 Å². The monoisotopic (exact) mass is 365 g/mol. The Bertz CT molecular complexity index is 378. The quantitative estimate of drug-likeness (QED) is 0.810. The van der Waals surface area contributed by atoms with Gasteiger partial charge < -0.3 is 10.6 Å². The minimum atomic E-state index is -4.17. The van der Waals surface area contributed by atoms with E-state index in [4.69, 9.17) is 5.73 Å². The molecule has 0 aromatic rings. The lowest BCUT2D eigenvalue weighted by Crippen LogP contribution is -2.45. The number of likely N-dealkylation sites (tertiary alicyclic amines) is 1. The summed E-state index contributed by atoms with van der Waals surface area (Å²) in [6.45, 7) is 2.75. The molecule has 1 aliphatic carbocycles. The van der Waals surface area contributed by atoms with E-state index in [0.717, 1.165) is 19.3 Å². The van der Waals surface area contributed by atoms with Crippen LogP contribution in [0.15, 0.2) is 0 Å². The molecule has 1 amide bonds. The van der Waals surface area contributed by atoms with Gasteiger partial charge in [-0.2, -0.15) is 13.2 Å². The van der Waals surface area contributed by atoms with Crippen molar-refractivity contribution in [3.05, 3.63) is 0 Å². The molecule has 132 valence electrons. The molecule has 1 saturated heterocycles. The molecule has 22 heavy (non-hydrogen) atoms. The van der Waals surface area contributed by atoms with Crippen LogP contribution in [0.1, 0.15) is 26.2 Å². The summed E-state index contributed by atoms with van der Waals surface area (Å²) < 4.78 is 37.2. The Hall–Kier alpha value is -0.240. The smallest absolute Gasteiger partial charge is 0.341 e. The van der Waals surface area contributed by atoms with Gasteiger partial charge in [-0.05, 0) is 31.7 Å². The van der Waals surface area contributed by atoms with Crippen molar-refractivity contribution in [1.82, 2.24) is 9.80 Å². The number of nitrogens with two attached hydrogens (primary N) is 1. The number of halogens is 5. The maximum absolute atomic E-state index is 12.4. The molecule has 4 nitrogen and oxygen atoms in total. The summed E-state index contributed by atoms with van der Waals surface area (Å²) in [6.07, 6.45) is -1.96. The van der Waals surface area contributed by atoms with Crippen LogP contribution in [0.5, 0.6) is 0 Å². The molecule has 1 saturated carbocycles. The second-order valence-corrected chi connectivity index (χ2v) is 6.00. The lowest BCUT2D eigenvalue weighted by atomic mass is 10.1. The minimum Gasteiger partial charge on any atom is -0.341 e. The zero-order valence-corrected chi connectivity index (χ0v) is 14.2. The van der Waals surface area contributed by atoms with Crippen LogP contribution < -0.4 is 5.73 Å². The fourth-order valence-corrected chi connectivity index (χ4v) is 2.75. The predicted molar refractivity (Wildman–Crippen MR) is 83.5 cm³/mol. The van der Waals surface area contributed by atoms with Gasteiger partial charge in [-0.15, -0.1) is 24.8 Å². The summed E-state index contributed by atoms with van der Waals surface area (Å²) in [6, 6.07) is 0.